The lowest BCUT2D eigenvalue weighted by molar-refractivity contribution is -0.145. The first kappa shape index (κ1) is 22.9. The van der Waals surface area contributed by atoms with Crippen LogP contribution in [0.1, 0.15) is 76.7 Å². The highest BCUT2D eigenvalue weighted by atomic mass is 127. The monoisotopic (exact) mass is 474 g/mol. The summed E-state index contributed by atoms with van der Waals surface area (Å²) in [6, 6.07) is 7.98. The molecule has 5 heteroatoms. The van der Waals surface area contributed by atoms with Gasteiger partial charge in [-0.25, -0.2) is 0 Å². The van der Waals surface area contributed by atoms with Gasteiger partial charge in [0.05, 0.1) is 6.61 Å². The zero-order valence-electron chi connectivity index (χ0n) is 15.8. The van der Waals surface area contributed by atoms with Crippen LogP contribution in [0.25, 0.3) is 0 Å². The largest absolute Gasteiger partial charge is 0.466 e. The second-order valence-corrected chi connectivity index (χ2v) is 7.73. The summed E-state index contributed by atoms with van der Waals surface area (Å²) in [6.07, 6.45) is 9.01. The van der Waals surface area contributed by atoms with Crippen molar-refractivity contribution < 1.29 is 19.1 Å². The lowest BCUT2D eigenvalue weighted by Crippen LogP contribution is -2.05. The van der Waals surface area contributed by atoms with Gasteiger partial charge in [-0.2, -0.15) is 0 Å². The van der Waals surface area contributed by atoms with Gasteiger partial charge in [0.1, 0.15) is 6.61 Å². The van der Waals surface area contributed by atoms with Crippen LogP contribution in [0.4, 0.5) is 0 Å². The first-order valence-corrected chi connectivity index (χ1v) is 10.8. The van der Waals surface area contributed by atoms with Crippen molar-refractivity contribution >= 4 is 34.5 Å². The third-order valence-electron chi connectivity index (χ3n) is 4.09. The van der Waals surface area contributed by atoms with Crippen LogP contribution in [-0.4, -0.2) is 18.5 Å². The molecule has 0 saturated heterocycles. The fourth-order valence-electron chi connectivity index (χ4n) is 2.46. The minimum Gasteiger partial charge on any atom is -0.466 e. The summed E-state index contributed by atoms with van der Waals surface area (Å²) in [6.45, 7) is 2.98. The summed E-state index contributed by atoms with van der Waals surface area (Å²) in [5, 5.41) is 0. The maximum atomic E-state index is 11.7. The molecule has 146 valence electrons. The minimum atomic E-state index is -0.127. The molecule has 0 aromatic heterocycles. The van der Waals surface area contributed by atoms with E-state index in [9.17, 15) is 9.59 Å². The molecule has 0 N–H and O–H groups in total. The summed E-state index contributed by atoms with van der Waals surface area (Å²) >= 11 is 2.25. The molecule has 4 nitrogen and oxygen atoms in total. The Hall–Kier alpha value is -1.11. The molecule has 1 rings (SSSR count). The number of carbonyl (C=O) groups excluding carboxylic acids is 2. The van der Waals surface area contributed by atoms with Gasteiger partial charge < -0.3 is 9.47 Å². The van der Waals surface area contributed by atoms with Crippen molar-refractivity contribution in [2.45, 2.75) is 77.7 Å². The molecule has 0 radical (unpaired) electrons. The van der Waals surface area contributed by atoms with Crippen LogP contribution in [-0.2, 0) is 25.7 Å². The van der Waals surface area contributed by atoms with Crippen molar-refractivity contribution in [2.24, 2.45) is 0 Å². The van der Waals surface area contributed by atoms with Gasteiger partial charge in [0.15, 0.2) is 0 Å². The SMILES string of the molecule is CCCCOC(=O)CCCCCCCCC(=O)OCc1ccc(I)cc1. The van der Waals surface area contributed by atoms with Crippen LogP contribution in [0.2, 0.25) is 0 Å². The van der Waals surface area contributed by atoms with Gasteiger partial charge in [-0.15, -0.1) is 0 Å². The molecule has 0 unspecified atom stereocenters. The quantitative estimate of drug-likeness (QED) is 0.194. The molecule has 26 heavy (non-hydrogen) atoms. The number of halogens is 1. The lowest BCUT2D eigenvalue weighted by Gasteiger charge is -2.06. The molecule has 0 aliphatic rings. The standard InChI is InChI=1S/C21H31IO4/c1-2-3-16-25-20(23)10-8-6-4-5-7-9-11-21(24)26-17-18-12-14-19(22)15-13-18/h12-15H,2-11,16-17H2,1H3. The summed E-state index contributed by atoms with van der Waals surface area (Å²) < 4.78 is 11.6. The van der Waals surface area contributed by atoms with E-state index in [1.54, 1.807) is 0 Å². The molecular formula is C21H31IO4. The number of unbranched alkanes of at least 4 members (excludes halogenated alkanes) is 6. The second-order valence-electron chi connectivity index (χ2n) is 6.48. The average Bonchev–Trinajstić information content (AvgIpc) is 2.63. The summed E-state index contributed by atoms with van der Waals surface area (Å²) in [4.78, 5) is 23.2. The third-order valence-corrected chi connectivity index (χ3v) is 4.80. The summed E-state index contributed by atoms with van der Waals surface area (Å²) in [7, 11) is 0. The molecule has 0 atom stereocenters. The fraction of sp³-hybridized carbons (Fsp3) is 0.619. The van der Waals surface area contributed by atoms with Crippen LogP contribution in [0, 0.1) is 3.57 Å². The van der Waals surface area contributed by atoms with E-state index < -0.39 is 0 Å². The van der Waals surface area contributed by atoms with Crippen molar-refractivity contribution in [1.82, 2.24) is 0 Å². The smallest absolute Gasteiger partial charge is 0.306 e. The second kappa shape index (κ2) is 15.0. The van der Waals surface area contributed by atoms with E-state index in [-0.39, 0.29) is 11.9 Å². The molecule has 0 spiro atoms. The number of hydrogen-bond donors (Lipinski definition) is 0. The van der Waals surface area contributed by atoms with Crippen molar-refractivity contribution in [3.8, 4) is 0 Å². The highest BCUT2D eigenvalue weighted by Crippen LogP contribution is 2.11. The minimum absolute atomic E-state index is 0.0747. The Balaban J connectivity index is 1.91. The molecule has 1 aromatic rings. The summed E-state index contributed by atoms with van der Waals surface area (Å²) in [5.41, 5.74) is 1.02. The van der Waals surface area contributed by atoms with E-state index in [1.165, 1.54) is 3.57 Å². The maximum absolute atomic E-state index is 11.7. The Morgan fingerprint density at radius 3 is 1.92 bits per heavy atom. The number of carbonyl (C=O) groups is 2. The average molecular weight is 474 g/mol. The van der Waals surface area contributed by atoms with E-state index in [2.05, 4.69) is 29.5 Å². The van der Waals surface area contributed by atoms with Gasteiger partial charge >= 0.3 is 11.9 Å². The Bertz CT molecular complexity index is 513. The number of hydrogen-bond acceptors (Lipinski definition) is 4. The predicted octanol–water partition coefficient (Wildman–Crippen LogP) is 5.80. The van der Waals surface area contributed by atoms with Crippen LogP contribution < -0.4 is 0 Å². The zero-order valence-corrected chi connectivity index (χ0v) is 18.0. The molecule has 0 bridgehead atoms. The van der Waals surface area contributed by atoms with Crippen LogP contribution in [0.5, 0.6) is 0 Å². The molecule has 0 saturated carbocycles. The molecule has 1 aromatic carbocycles. The van der Waals surface area contributed by atoms with E-state index in [0.717, 1.165) is 56.9 Å². The van der Waals surface area contributed by atoms with E-state index in [1.807, 2.05) is 24.3 Å². The van der Waals surface area contributed by atoms with E-state index in [0.29, 0.717) is 26.1 Å². The van der Waals surface area contributed by atoms with Crippen LogP contribution >= 0.6 is 22.6 Å². The number of benzene rings is 1. The molecule has 0 fully saturated rings. The maximum Gasteiger partial charge on any atom is 0.306 e. The Kier molecular flexibility index (Phi) is 13.2. The fourth-order valence-corrected chi connectivity index (χ4v) is 2.82. The highest BCUT2D eigenvalue weighted by Gasteiger charge is 2.04. The van der Waals surface area contributed by atoms with Crippen molar-refractivity contribution in [2.75, 3.05) is 6.61 Å². The number of rotatable bonds is 14. The normalized spacial score (nSPS) is 10.5. The van der Waals surface area contributed by atoms with Gasteiger partial charge in [0, 0.05) is 16.4 Å². The zero-order chi connectivity index (χ0) is 19.0. The van der Waals surface area contributed by atoms with E-state index in [4.69, 9.17) is 9.47 Å². The van der Waals surface area contributed by atoms with Crippen molar-refractivity contribution in [3.63, 3.8) is 0 Å². The number of esters is 2. The van der Waals surface area contributed by atoms with Crippen molar-refractivity contribution in [3.05, 3.63) is 33.4 Å². The van der Waals surface area contributed by atoms with Gasteiger partial charge in [-0.1, -0.05) is 51.2 Å². The molecular weight excluding hydrogens is 443 g/mol. The first-order valence-electron chi connectivity index (χ1n) is 9.67. The van der Waals surface area contributed by atoms with Gasteiger partial charge in [-0.05, 0) is 59.5 Å². The Morgan fingerprint density at radius 1 is 0.808 bits per heavy atom. The topological polar surface area (TPSA) is 52.6 Å². The van der Waals surface area contributed by atoms with Gasteiger partial charge in [0.2, 0.25) is 0 Å². The molecule has 0 amide bonds. The lowest BCUT2D eigenvalue weighted by atomic mass is 10.1. The van der Waals surface area contributed by atoms with Crippen molar-refractivity contribution in [1.29, 1.82) is 0 Å². The number of ether oxygens (including phenoxy) is 2. The first-order chi connectivity index (χ1) is 12.6. The van der Waals surface area contributed by atoms with Crippen LogP contribution in [0.3, 0.4) is 0 Å². The van der Waals surface area contributed by atoms with Gasteiger partial charge in [-0.3, -0.25) is 9.59 Å². The van der Waals surface area contributed by atoms with E-state index >= 15 is 0 Å². The Labute approximate surface area is 171 Å². The molecule has 0 aliphatic heterocycles. The molecule has 0 aliphatic carbocycles. The van der Waals surface area contributed by atoms with Gasteiger partial charge in [0.25, 0.3) is 0 Å². The Morgan fingerprint density at radius 2 is 1.35 bits per heavy atom. The predicted molar refractivity (Wildman–Crippen MR) is 112 cm³/mol. The molecule has 0 heterocycles. The summed E-state index contributed by atoms with van der Waals surface area (Å²) in [5.74, 6) is -0.201. The highest BCUT2D eigenvalue weighted by molar-refractivity contribution is 14.1. The third kappa shape index (κ3) is 12.3. The van der Waals surface area contributed by atoms with Crippen LogP contribution in [0.15, 0.2) is 24.3 Å².